The van der Waals surface area contributed by atoms with Gasteiger partial charge in [-0.15, -0.1) is 17.7 Å². The molecule has 0 saturated heterocycles. The van der Waals surface area contributed by atoms with E-state index in [9.17, 15) is 4.79 Å². The highest BCUT2D eigenvalue weighted by atomic mass is 32.1. The molecule has 0 aliphatic rings. The molecule has 1 amide bonds. The Bertz CT molecular complexity index is 814. The number of hydrogen-bond donors (Lipinski definition) is 2. The second-order valence-electron chi connectivity index (χ2n) is 4.79. The zero-order chi connectivity index (χ0) is 16.2. The Kier molecular flexibility index (Phi) is 4.29. The standard InChI is InChI=1S/C16H14N4O2S/c1-20-14(15(23)18-19-20)11-6-5-7-12(10-11)17-16(21)22-13-8-3-2-4-9-13/h2-10,23H,1H3,(H,17,21). The summed E-state index contributed by atoms with van der Waals surface area (Å²) in [6, 6.07) is 16.2. The molecule has 0 saturated carbocycles. The van der Waals surface area contributed by atoms with Crippen molar-refractivity contribution in [3.8, 4) is 17.0 Å². The Morgan fingerprint density at radius 3 is 2.65 bits per heavy atom. The fourth-order valence-corrected chi connectivity index (χ4v) is 2.46. The van der Waals surface area contributed by atoms with Gasteiger partial charge in [-0.3, -0.25) is 5.32 Å². The number of aryl methyl sites for hydroxylation is 1. The Labute approximate surface area is 138 Å². The van der Waals surface area contributed by atoms with Gasteiger partial charge >= 0.3 is 6.09 Å². The van der Waals surface area contributed by atoms with Gasteiger partial charge in [0, 0.05) is 18.3 Å². The van der Waals surface area contributed by atoms with Crippen molar-refractivity contribution in [2.24, 2.45) is 7.05 Å². The molecule has 7 heteroatoms. The first-order valence-corrected chi connectivity index (χ1v) is 7.31. The third kappa shape index (κ3) is 3.51. The van der Waals surface area contributed by atoms with E-state index >= 15 is 0 Å². The number of carbonyl (C=O) groups excluding carboxylic acids is 1. The molecule has 116 valence electrons. The fraction of sp³-hybridized carbons (Fsp3) is 0.0625. The van der Waals surface area contributed by atoms with Crippen LogP contribution in [0.5, 0.6) is 5.75 Å². The molecular formula is C16H14N4O2S. The molecule has 1 heterocycles. The van der Waals surface area contributed by atoms with Crippen molar-refractivity contribution in [2.45, 2.75) is 5.03 Å². The summed E-state index contributed by atoms with van der Waals surface area (Å²) in [6.45, 7) is 0. The van der Waals surface area contributed by atoms with Crippen LogP contribution in [0, 0.1) is 0 Å². The van der Waals surface area contributed by atoms with Crippen molar-refractivity contribution in [3.63, 3.8) is 0 Å². The zero-order valence-corrected chi connectivity index (χ0v) is 13.2. The third-order valence-corrected chi connectivity index (χ3v) is 3.45. The Balaban J connectivity index is 1.77. The first-order valence-electron chi connectivity index (χ1n) is 6.86. The molecular weight excluding hydrogens is 312 g/mol. The van der Waals surface area contributed by atoms with Crippen LogP contribution in [0.4, 0.5) is 10.5 Å². The van der Waals surface area contributed by atoms with Gasteiger partial charge in [0.05, 0.1) is 0 Å². The van der Waals surface area contributed by atoms with Gasteiger partial charge in [0.2, 0.25) is 0 Å². The number of amides is 1. The minimum atomic E-state index is -0.553. The van der Waals surface area contributed by atoms with Crippen LogP contribution in [0.1, 0.15) is 0 Å². The van der Waals surface area contributed by atoms with E-state index in [1.54, 1.807) is 42.1 Å². The Morgan fingerprint density at radius 1 is 1.17 bits per heavy atom. The number of anilines is 1. The molecule has 0 fully saturated rings. The summed E-state index contributed by atoms with van der Waals surface area (Å²) in [5, 5.41) is 11.0. The molecule has 3 aromatic rings. The zero-order valence-electron chi connectivity index (χ0n) is 12.3. The molecule has 1 N–H and O–H groups in total. The summed E-state index contributed by atoms with van der Waals surface area (Å²) >= 11 is 4.29. The number of aromatic nitrogens is 3. The van der Waals surface area contributed by atoms with Gasteiger partial charge in [0.15, 0.2) is 0 Å². The fourth-order valence-electron chi connectivity index (χ4n) is 2.15. The number of carbonyl (C=O) groups is 1. The smallest absolute Gasteiger partial charge is 0.410 e. The van der Waals surface area contributed by atoms with E-state index in [1.165, 1.54) is 0 Å². The van der Waals surface area contributed by atoms with Crippen molar-refractivity contribution >= 4 is 24.4 Å². The lowest BCUT2D eigenvalue weighted by Gasteiger charge is -2.08. The molecule has 0 aliphatic carbocycles. The summed E-state index contributed by atoms with van der Waals surface area (Å²) in [6.07, 6.45) is -0.553. The molecule has 0 radical (unpaired) electrons. The molecule has 3 rings (SSSR count). The third-order valence-electron chi connectivity index (χ3n) is 3.15. The first kappa shape index (κ1) is 15.1. The number of nitrogens with zero attached hydrogens (tertiary/aromatic N) is 3. The summed E-state index contributed by atoms with van der Waals surface area (Å²) in [4.78, 5) is 11.9. The van der Waals surface area contributed by atoms with E-state index < -0.39 is 6.09 Å². The van der Waals surface area contributed by atoms with Crippen molar-refractivity contribution in [2.75, 3.05) is 5.32 Å². The first-order chi connectivity index (χ1) is 11.1. The van der Waals surface area contributed by atoms with E-state index in [1.807, 2.05) is 24.3 Å². The second-order valence-corrected chi connectivity index (χ2v) is 5.22. The number of ether oxygens (including phenoxy) is 1. The maximum absolute atomic E-state index is 11.9. The molecule has 1 aromatic heterocycles. The van der Waals surface area contributed by atoms with E-state index in [2.05, 4.69) is 28.3 Å². The largest absolute Gasteiger partial charge is 0.417 e. The maximum Gasteiger partial charge on any atom is 0.417 e. The monoisotopic (exact) mass is 326 g/mol. The van der Waals surface area contributed by atoms with Gasteiger partial charge in [-0.2, -0.15) is 0 Å². The van der Waals surface area contributed by atoms with E-state index in [-0.39, 0.29) is 0 Å². The van der Waals surface area contributed by atoms with E-state index in [0.717, 1.165) is 11.3 Å². The maximum atomic E-state index is 11.9. The van der Waals surface area contributed by atoms with Crippen molar-refractivity contribution in [1.29, 1.82) is 0 Å². The summed E-state index contributed by atoms with van der Waals surface area (Å²) in [5.74, 6) is 0.481. The van der Waals surface area contributed by atoms with Crippen molar-refractivity contribution < 1.29 is 9.53 Å². The normalized spacial score (nSPS) is 10.3. The number of thiol groups is 1. The van der Waals surface area contributed by atoms with Crippen molar-refractivity contribution in [3.05, 3.63) is 54.6 Å². The van der Waals surface area contributed by atoms with Crippen LogP contribution in [0.15, 0.2) is 59.6 Å². The molecule has 0 aliphatic heterocycles. The molecule has 0 bridgehead atoms. The predicted octanol–water partition coefficient (Wildman–Crippen LogP) is 3.38. The molecule has 0 spiro atoms. The van der Waals surface area contributed by atoms with E-state index in [4.69, 9.17) is 4.74 Å². The van der Waals surface area contributed by atoms with Crippen LogP contribution >= 0.6 is 12.6 Å². The van der Waals surface area contributed by atoms with Gasteiger partial charge in [0.1, 0.15) is 16.5 Å². The lowest BCUT2D eigenvalue weighted by atomic mass is 10.1. The quantitative estimate of drug-likeness (QED) is 0.724. The van der Waals surface area contributed by atoms with Gasteiger partial charge < -0.3 is 4.74 Å². The SMILES string of the molecule is Cn1nnc(S)c1-c1cccc(NC(=O)Oc2ccccc2)c1. The van der Waals surface area contributed by atoms with Gasteiger partial charge in [-0.05, 0) is 24.3 Å². The summed E-state index contributed by atoms with van der Waals surface area (Å²) in [5.41, 5.74) is 2.23. The highest BCUT2D eigenvalue weighted by Crippen LogP contribution is 2.26. The Morgan fingerprint density at radius 2 is 1.96 bits per heavy atom. The highest BCUT2D eigenvalue weighted by molar-refractivity contribution is 7.80. The number of benzene rings is 2. The lowest BCUT2D eigenvalue weighted by Crippen LogP contribution is -2.16. The summed E-state index contributed by atoms with van der Waals surface area (Å²) in [7, 11) is 1.78. The van der Waals surface area contributed by atoms with Gasteiger partial charge in [-0.1, -0.05) is 35.5 Å². The number of rotatable bonds is 3. The van der Waals surface area contributed by atoms with E-state index in [0.29, 0.717) is 16.5 Å². The topological polar surface area (TPSA) is 69.0 Å². The molecule has 0 unspecified atom stereocenters. The minimum absolute atomic E-state index is 0.481. The van der Waals surface area contributed by atoms with Crippen LogP contribution < -0.4 is 10.1 Å². The van der Waals surface area contributed by atoms with Crippen LogP contribution in [0.25, 0.3) is 11.3 Å². The molecule has 0 atom stereocenters. The Hall–Kier alpha value is -2.80. The van der Waals surface area contributed by atoms with Gasteiger partial charge in [0.25, 0.3) is 0 Å². The number of para-hydroxylation sites is 1. The van der Waals surface area contributed by atoms with Crippen molar-refractivity contribution in [1.82, 2.24) is 15.0 Å². The average molecular weight is 326 g/mol. The summed E-state index contributed by atoms with van der Waals surface area (Å²) < 4.78 is 6.83. The second kappa shape index (κ2) is 6.53. The lowest BCUT2D eigenvalue weighted by molar-refractivity contribution is 0.215. The van der Waals surface area contributed by atoms with Crippen LogP contribution in [-0.2, 0) is 7.05 Å². The van der Waals surface area contributed by atoms with Gasteiger partial charge in [-0.25, -0.2) is 9.48 Å². The molecule has 6 nitrogen and oxygen atoms in total. The predicted molar refractivity (Wildman–Crippen MR) is 89.8 cm³/mol. The minimum Gasteiger partial charge on any atom is -0.410 e. The number of hydrogen-bond acceptors (Lipinski definition) is 5. The van der Waals surface area contributed by atoms with Crippen LogP contribution in [-0.4, -0.2) is 21.1 Å². The highest BCUT2D eigenvalue weighted by Gasteiger charge is 2.11. The van der Waals surface area contributed by atoms with Crippen LogP contribution in [0.3, 0.4) is 0 Å². The average Bonchev–Trinajstić information content (AvgIpc) is 2.87. The molecule has 2 aromatic carbocycles. The number of nitrogens with one attached hydrogen (secondary N) is 1. The molecule has 23 heavy (non-hydrogen) atoms. The van der Waals surface area contributed by atoms with Crippen LogP contribution in [0.2, 0.25) is 0 Å².